The van der Waals surface area contributed by atoms with Gasteiger partial charge in [0.05, 0.1) is 6.54 Å². The summed E-state index contributed by atoms with van der Waals surface area (Å²) in [5.41, 5.74) is 2.09. The van der Waals surface area contributed by atoms with Crippen LogP contribution < -0.4 is 14.8 Å². The van der Waals surface area contributed by atoms with Gasteiger partial charge < -0.3 is 14.8 Å². The molecule has 0 bridgehead atoms. The molecule has 2 aromatic carbocycles. The highest BCUT2D eigenvalue weighted by atomic mass is 16.5. The lowest BCUT2D eigenvalue weighted by Gasteiger charge is -2.16. The second-order valence-electron chi connectivity index (χ2n) is 5.43. The Kier molecular flexibility index (Phi) is 6.03. The van der Waals surface area contributed by atoms with Crippen molar-refractivity contribution in [3.05, 3.63) is 59.7 Å². The Labute approximate surface area is 137 Å². The van der Waals surface area contributed by atoms with Gasteiger partial charge in [-0.25, -0.2) is 0 Å². The van der Waals surface area contributed by atoms with E-state index < -0.39 is 6.10 Å². The molecule has 0 saturated carbocycles. The maximum Gasteiger partial charge on any atom is 0.260 e. The Balaban J connectivity index is 1.74. The van der Waals surface area contributed by atoms with Gasteiger partial charge in [0.1, 0.15) is 18.1 Å². The molecule has 0 fully saturated rings. The number of nitrogens with one attached hydrogen (secondary N) is 1. The van der Waals surface area contributed by atoms with Crippen molar-refractivity contribution in [3.63, 3.8) is 0 Å². The lowest BCUT2D eigenvalue weighted by molar-refractivity contribution is -0.127. The average Bonchev–Trinajstić information content (AvgIpc) is 2.55. The first-order valence-electron chi connectivity index (χ1n) is 7.76. The molecule has 0 heterocycles. The van der Waals surface area contributed by atoms with Crippen LogP contribution in [0.3, 0.4) is 0 Å². The highest BCUT2D eigenvalue weighted by Crippen LogP contribution is 2.18. The fraction of sp³-hybridized carbons (Fsp3) is 0.316. The molecular formula is C19H23NO3. The summed E-state index contributed by atoms with van der Waals surface area (Å²) in [6.07, 6.45) is -0.547. The molecule has 0 aliphatic carbocycles. The third-order valence-corrected chi connectivity index (χ3v) is 3.52. The quantitative estimate of drug-likeness (QED) is 0.798. The lowest BCUT2D eigenvalue weighted by atomic mass is 10.2. The highest BCUT2D eigenvalue weighted by Gasteiger charge is 2.14. The maximum absolute atomic E-state index is 12.0. The monoisotopic (exact) mass is 313 g/mol. The molecule has 2 rings (SSSR count). The second kappa shape index (κ2) is 8.22. The molecule has 0 aliphatic rings. The molecule has 2 aromatic rings. The van der Waals surface area contributed by atoms with E-state index >= 15 is 0 Å². The normalized spacial score (nSPS) is 11.6. The van der Waals surface area contributed by atoms with E-state index in [4.69, 9.17) is 9.47 Å². The summed E-state index contributed by atoms with van der Waals surface area (Å²) in [5, 5.41) is 2.82. The van der Waals surface area contributed by atoms with Gasteiger partial charge in [-0.1, -0.05) is 36.4 Å². The standard InChI is InChI=1S/C19H23NO3/c1-14-8-4-6-10-17(14)22-13-12-20-19(21)16(3)23-18-11-7-5-9-15(18)2/h4-11,16H,12-13H2,1-3H3,(H,20,21)/t16-/m1/s1. The zero-order valence-corrected chi connectivity index (χ0v) is 13.8. The van der Waals surface area contributed by atoms with Gasteiger partial charge in [0, 0.05) is 0 Å². The smallest absolute Gasteiger partial charge is 0.260 e. The lowest BCUT2D eigenvalue weighted by Crippen LogP contribution is -2.38. The molecule has 0 radical (unpaired) electrons. The van der Waals surface area contributed by atoms with Crippen LogP contribution in [0.4, 0.5) is 0 Å². The first kappa shape index (κ1) is 16.9. The van der Waals surface area contributed by atoms with E-state index in [1.165, 1.54) is 0 Å². The van der Waals surface area contributed by atoms with E-state index in [1.54, 1.807) is 6.92 Å². The average molecular weight is 313 g/mol. The van der Waals surface area contributed by atoms with Gasteiger partial charge in [-0.15, -0.1) is 0 Å². The SMILES string of the molecule is Cc1ccccc1OCCNC(=O)[C@@H](C)Oc1ccccc1C. The van der Waals surface area contributed by atoms with Crippen molar-refractivity contribution in [2.24, 2.45) is 0 Å². The van der Waals surface area contributed by atoms with Crippen LogP contribution >= 0.6 is 0 Å². The predicted molar refractivity (Wildman–Crippen MR) is 91.0 cm³/mol. The summed E-state index contributed by atoms with van der Waals surface area (Å²) in [6, 6.07) is 15.5. The molecule has 0 spiro atoms. The van der Waals surface area contributed by atoms with Crippen molar-refractivity contribution in [2.45, 2.75) is 26.9 Å². The van der Waals surface area contributed by atoms with Crippen molar-refractivity contribution in [1.29, 1.82) is 0 Å². The van der Waals surface area contributed by atoms with Crippen LogP contribution in [0.15, 0.2) is 48.5 Å². The number of para-hydroxylation sites is 2. The van der Waals surface area contributed by atoms with Gasteiger partial charge in [-0.05, 0) is 44.0 Å². The number of rotatable bonds is 7. The summed E-state index contributed by atoms with van der Waals surface area (Å²) in [7, 11) is 0. The molecule has 4 heteroatoms. The molecule has 23 heavy (non-hydrogen) atoms. The number of hydrogen-bond donors (Lipinski definition) is 1. The number of ether oxygens (including phenoxy) is 2. The molecule has 0 aliphatic heterocycles. The second-order valence-corrected chi connectivity index (χ2v) is 5.43. The first-order valence-corrected chi connectivity index (χ1v) is 7.76. The molecule has 1 amide bonds. The van der Waals surface area contributed by atoms with Gasteiger partial charge in [-0.2, -0.15) is 0 Å². The number of carbonyl (C=O) groups is 1. The predicted octanol–water partition coefficient (Wildman–Crippen LogP) is 3.27. The number of amides is 1. The Morgan fingerprint density at radius 3 is 2.17 bits per heavy atom. The number of aryl methyl sites for hydroxylation is 2. The third-order valence-electron chi connectivity index (χ3n) is 3.52. The molecule has 0 aromatic heterocycles. The molecule has 1 N–H and O–H groups in total. The highest BCUT2D eigenvalue weighted by molar-refractivity contribution is 5.80. The number of carbonyl (C=O) groups excluding carboxylic acids is 1. The van der Waals surface area contributed by atoms with E-state index in [-0.39, 0.29) is 5.91 Å². The van der Waals surface area contributed by atoms with Crippen LogP contribution in [-0.4, -0.2) is 25.2 Å². The summed E-state index contributed by atoms with van der Waals surface area (Å²) in [5.74, 6) is 1.42. The van der Waals surface area contributed by atoms with Gasteiger partial charge >= 0.3 is 0 Å². The Morgan fingerprint density at radius 1 is 1.00 bits per heavy atom. The topological polar surface area (TPSA) is 47.6 Å². The van der Waals surface area contributed by atoms with E-state index in [0.717, 1.165) is 22.6 Å². The summed E-state index contributed by atoms with van der Waals surface area (Å²) < 4.78 is 11.3. The van der Waals surface area contributed by atoms with Gasteiger partial charge in [-0.3, -0.25) is 4.79 Å². The van der Waals surface area contributed by atoms with Crippen LogP contribution in [0.2, 0.25) is 0 Å². The first-order chi connectivity index (χ1) is 11.1. The van der Waals surface area contributed by atoms with Gasteiger partial charge in [0.25, 0.3) is 5.91 Å². The Hall–Kier alpha value is -2.49. The maximum atomic E-state index is 12.0. The van der Waals surface area contributed by atoms with E-state index in [9.17, 15) is 4.79 Å². The minimum Gasteiger partial charge on any atom is -0.491 e. The zero-order valence-electron chi connectivity index (χ0n) is 13.8. The summed E-state index contributed by atoms with van der Waals surface area (Å²) >= 11 is 0. The summed E-state index contributed by atoms with van der Waals surface area (Å²) in [4.78, 5) is 12.0. The van der Waals surface area contributed by atoms with Crippen LogP contribution in [0, 0.1) is 13.8 Å². The summed E-state index contributed by atoms with van der Waals surface area (Å²) in [6.45, 7) is 6.55. The van der Waals surface area contributed by atoms with Crippen LogP contribution in [0.25, 0.3) is 0 Å². The molecule has 4 nitrogen and oxygen atoms in total. The van der Waals surface area contributed by atoms with Crippen molar-refractivity contribution < 1.29 is 14.3 Å². The molecular weight excluding hydrogens is 290 g/mol. The van der Waals surface area contributed by atoms with Crippen LogP contribution in [0.5, 0.6) is 11.5 Å². The van der Waals surface area contributed by atoms with E-state index in [0.29, 0.717) is 13.2 Å². The zero-order chi connectivity index (χ0) is 16.7. The van der Waals surface area contributed by atoms with Crippen LogP contribution in [-0.2, 0) is 4.79 Å². The Morgan fingerprint density at radius 2 is 1.57 bits per heavy atom. The van der Waals surface area contributed by atoms with Crippen molar-refractivity contribution in [2.75, 3.05) is 13.2 Å². The third kappa shape index (κ3) is 5.02. The van der Waals surface area contributed by atoms with Crippen molar-refractivity contribution >= 4 is 5.91 Å². The molecule has 122 valence electrons. The van der Waals surface area contributed by atoms with E-state index in [1.807, 2.05) is 62.4 Å². The van der Waals surface area contributed by atoms with E-state index in [2.05, 4.69) is 5.32 Å². The fourth-order valence-corrected chi connectivity index (χ4v) is 2.13. The van der Waals surface area contributed by atoms with Crippen molar-refractivity contribution in [1.82, 2.24) is 5.32 Å². The minimum absolute atomic E-state index is 0.151. The number of benzene rings is 2. The largest absolute Gasteiger partial charge is 0.491 e. The van der Waals surface area contributed by atoms with Gasteiger partial charge in [0.15, 0.2) is 6.10 Å². The number of hydrogen-bond acceptors (Lipinski definition) is 3. The fourth-order valence-electron chi connectivity index (χ4n) is 2.13. The van der Waals surface area contributed by atoms with Gasteiger partial charge in [0.2, 0.25) is 0 Å². The molecule has 0 unspecified atom stereocenters. The van der Waals surface area contributed by atoms with Crippen molar-refractivity contribution in [3.8, 4) is 11.5 Å². The molecule has 1 atom stereocenters. The van der Waals surface area contributed by atoms with Crippen LogP contribution in [0.1, 0.15) is 18.1 Å². The molecule has 0 saturated heterocycles. The minimum atomic E-state index is -0.547. The Bertz CT molecular complexity index is 655.